The Kier molecular flexibility index (Phi) is 3.55. The molecule has 1 unspecified atom stereocenters. The minimum absolute atomic E-state index is 0.0350. The first-order valence-electron chi connectivity index (χ1n) is 6.66. The fraction of sp³-hybridized carbons (Fsp3) is 0.250. The monoisotopic (exact) mass is 289 g/mol. The molecule has 0 saturated carbocycles. The molecule has 0 amide bonds. The second kappa shape index (κ2) is 5.35. The lowest BCUT2D eigenvalue weighted by molar-refractivity contribution is 0.471. The minimum atomic E-state index is -0.0350. The van der Waals surface area contributed by atoms with Crippen LogP contribution in [0, 0.1) is 0 Å². The fourth-order valence-corrected chi connectivity index (χ4v) is 2.76. The maximum Gasteiger partial charge on any atom is 0.152 e. The average molecular weight is 290 g/mol. The lowest BCUT2D eigenvalue weighted by Gasteiger charge is -2.13. The van der Waals surface area contributed by atoms with Crippen molar-refractivity contribution in [2.75, 3.05) is 7.05 Å². The molecule has 1 atom stereocenters. The van der Waals surface area contributed by atoms with Crippen molar-refractivity contribution in [1.29, 1.82) is 0 Å². The Bertz CT molecular complexity index is 729. The maximum absolute atomic E-state index is 6.17. The highest BCUT2D eigenvalue weighted by molar-refractivity contribution is 6.34. The van der Waals surface area contributed by atoms with Gasteiger partial charge in [-0.2, -0.15) is 0 Å². The Hall–Kier alpha value is -1.71. The summed E-state index contributed by atoms with van der Waals surface area (Å²) in [6, 6.07) is 9.72. The topological polar surface area (TPSA) is 38.3 Å². The smallest absolute Gasteiger partial charge is 0.152 e. The Labute approximate surface area is 122 Å². The molecule has 2 aromatic heterocycles. The molecule has 0 aliphatic heterocycles. The van der Waals surface area contributed by atoms with Crippen LogP contribution in [0.25, 0.3) is 11.0 Å². The molecular formula is C16H16ClNO2. The van der Waals surface area contributed by atoms with Crippen LogP contribution in [0.3, 0.4) is 0 Å². The second-order valence-electron chi connectivity index (χ2n) is 4.68. The number of fused-ring (bicyclic) bond motifs is 1. The van der Waals surface area contributed by atoms with Gasteiger partial charge in [-0.3, -0.25) is 0 Å². The first kappa shape index (κ1) is 13.3. The van der Waals surface area contributed by atoms with Gasteiger partial charge >= 0.3 is 0 Å². The average Bonchev–Trinajstić information content (AvgIpc) is 3.07. The molecule has 2 heterocycles. The van der Waals surface area contributed by atoms with Crippen LogP contribution in [0.15, 0.2) is 45.4 Å². The van der Waals surface area contributed by atoms with E-state index in [1.807, 2.05) is 37.4 Å². The zero-order valence-electron chi connectivity index (χ0n) is 11.4. The van der Waals surface area contributed by atoms with Crippen molar-refractivity contribution >= 4 is 22.6 Å². The van der Waals surface area contributed by atoms with Gasteiger partial charge in [0, 0.05) is 17.4 Å². The lowest BCUT2D eigenvalue weighted by atomic mass is 10.0. The molecule has 0 aliphatic carbocycles. The number of aryl methyl sites for hydroxylation is 1. The first-order valence-corrected chi connectivity index (χ1v) is 7.04. The van der Waals surface area contributed by atoms with Crippen molar-refractivity contribution < 1.29 is 8.83 Å². The van der Waals surface area contributed by atoms with Gasteiger partial charge in [0.05, 0.1) is 17.3 Å². The summed E-state index contributed by atoms with van der Waals surface area (Å²) in [5.74, 6) is 1.81. The molecule has 0 radical (unpaired) electrons. The number of nitrogens with one attached hydrogen (secondary N) is 1. The zero-order chi connectivity index (χ0) is 14.1. The second-order valence-corrected chi connectivity index (χ2v) is 5.09. The molecule has 3 nitrogen and oxygen atoms in total. The predicted molar refractivity (Wildman–Crippen MR) is 80.2 cm³/mol. The van der Waals surface area contributed by atoms with Crippen LogP contribution in [-0.2, 0) is 6.42 Å². The number of hydrogen-bond donors (Lipinski definition) is 1. The van der Waals surface area contributed by atoms with Gasteiger partial charge in [0.15, 0.2) is 5.58 Å². The molecular weight excluding hydrogens is 274 g/mol. The summed E-state index contributed by atoms with van der Waals surface area (Å²) in [6.45, 7) is 2.07. The van der Waals surface area contributed by atoms with E-state index in [0.717, 1.165) is 34.5 Å². The summed E-state index contributed by atoms with van der Waals surface area (Å²) >= 11 is 6.17. The van der Waals surface area contributed by atoms with Gasteiger partial charge in [0.25, 0.3) is 0 Å². The summed E-state index contributed by atoms with van der Waals surface area (Å²) < 4.78 is 11.4. The summed E-state index contributed by atoms with van der Waals surface area (Å²) in [4.78, 5) is 0. The van der Waals surface area contributed by atoms with Crippen LogP contribution in [-0.4, -0.2) is 7.05 Å². The highest BCUT2D eigenvalue weighted by Gasteiger charge is 2.21. The van der Waals surface area contributed by atoms with E-state index in [-0.39, 0.29) is 6.04 Å². The van der Waals surface area contributed by atoms with Gasteiger partial charge in [0.2, 0.25) is 0 Å². The summed E-state index contributed by atoms with van der Waals surface area (Å²) in [5, 5.41) is 4.92. The summed E-state index contributed by atoms with van der Waals surface area (Å²) in [6.07, 6.45) is 2.57. The number of rotatable bonds is 4. The molecule has 0 aliphatic rings. The van der Waals surface area contributed by atoms with E-state index in [2.05, 4.69) is 12.2 Å². The molecule has 0 bridgehead atoms. The van der Waals surface area contributed by atoms with Crippen molar-refractivity contribution in [2.45, 2.75) is 19.4 Å². The van der Waals surface area contributed by atoms with Crippen molar-refractivity contribution in [3.8, 4) is 0 Å². The Morgan fingerprint density at radius 1 is 1.30 bits per heavy atom. The third-order valence-electron chi connectivity index (χ3n) is 3.50. The molecule has 1 N–H and O–H groups in total. The molecule has 0 spiro atoms. The molecule has 3 rings (SSSR count). The van der Waals surface area contributed by atoms with E-state index in [9.17, 15) is 0 Å². The van der Waals surface area contributed by atoms with E-state index < -0.39 is 0 Å². The number of benzene rings is 1. The van der Waals surface area contributed by atoms with Gasteiger partial charge in [-0.25, -0.2) is 0 Å². The SMILES string of the molecule is CCc1occc1C(NC)c1cc2cccc(Cl)c2o1. The predicted octanol–water partition coefficient (Wildman–Crippen LogP) is 4.55. The van der Waals surface area contributed by atoms with Crippen LogP contribution in [0.2, 0.25) is 5.02 Å². The van der Waals surface area contributed by atoms with Crippen LogP contribution in [0.4, 0.5) is 0 Å². The van der Waals surface area contributed by atoms with E-state index in [0.29, 0.717) is 5.02 Å². The molecule has 4 heteroatoms. The molecule has 3 aromatic rings. The molecule has 104 valence electrons. The highest BCUT2D eigenvalue weighted by atomic mass is 35.5. The number of halogens is 1. The number of para-hydroxylation sites is 1. The van der Waals surface area contributed by atoms with Crippen LogP contribution >= 0.6 is 11.6 Å². The fourth-order valence-electron chi connectivity index (χ4n) is 2.54. The molecule has 20 heavy (non-hydrogen) atoms. The Morgan fingerprint density at radius 2 is 2.15 bits per heavy atom. The van der Waals surface area contributed by atoms with Crippen LogP contribution in [0.5, 0.6) is 0 Å². The van der Waals surface area contributed by atoms with Crippen LogP contribution < -0.4 is 5.32 Å². The maximum atomic E-state index is 6.17. The lowest BCUT2D eigenvalue weighted by Crippen LogP contribution is -2.17. The van der Waals surface area contributed by atoms with Crippen molar-refractivity contribution in [3.63, 3.8) is 0 Å². The van der Waals surface area contributed by atoms with E-state index >= 15 is 0 Å². The van der Waals surface area contributed by atoms with Gasteiger partial charge in [-0.15, -0.1) is 0 Å². The van der Waals surface area contributed by atoms with Gasteiger partial charge in [0.1, 0.15) is 11.5 Å². The first-order chi connectivity index (χ1) is 9.74. The molecule has 0 saturated heterocycles. The normalized spacial score (nSPS) is 12.9. The quantitative estimate of drug-likeness (QED) is 0.766. The van der Waals surface area contributed by atoms with Crippen molar-refractivity contribution in [2.24, 2.45) is 0 Å². The number of furan rings is 2. The van der Waals surface area contributed by atoms with Gasteiger partial charge in [-0.05, 0) is 25.2 Å². The summed E-state index contributed by atoms with van der Waals surface area (Å²) in [5.41, 5.74) is 1.83. The van der Waals surface area contributed by atoms with Crippen LogP contribution in [0.1, 0.15) is 30.0 Å². The van der Waals surface area contributed by atoms with Crippen molar-refractivity contribution in [1.82, 2.24) is 5.32 Å². The molecule has 1 aromatic carbocycles. The summed E-state index contributed by atoms with van der Waals surface area (Å²) in [7, 11) is 1.91. The largest absolute Gasteiger partial charge is 0.469 e. The van der Waals surface area contributed by atoms with E-state index in [1.165, 1.54) is 0 Å². The van der Waals surface area contributed by atoms with Gasteiger partial charge < -0.3 is 14.2 Å². The zero-order valence-corrected chi connectivity index (χ0v) is 12.2. The van der Waals surface area contributed by atoms with Crippen molar-refractivity contribution in [3.05, 3.63) is 58.7 Å². The van der Waals surface area contributed by atoms with E-state index in [4.69, 9.17) is 20.4 Å². The molecule has 0 fully saturated rings. The third-order valence-corrected chi connectivity index (χ3v) is 3.80. The highest BCUT2D eigenvalue weighted by Crippen LogP contribution is 2.33. The number of hydrogen-bond acceptors (Lipinski definition) is 3. The van der Waals surface area contributed by atoms with Gasteiger partial charge in [-0.1, -0.05) is 30.7 Å². The Balaban J connectivity index is 2.10. The minimum Gasteiger partial charge on any atom is -0.469 e. The van der Waals surface area contributed by atoms with E-state index in [1.54, 1.807) is 6.26 Å². The third kappa shape index (κ3) is 2.13. The Morgan fingerprint density at radius 3 is 2.85 bits per heavy atom. The standard InChI is InChI=1S/C16H16ClNO2/c1-3-13-11(7-8-19-13)15(18-2)14-9-10-5-4-6-12(17)16(10)20-14/h4-9,15,18H,3H2,1-2H3.